The molecule has 1 saturated heterocycles. The van der Waals surface area contributed by atoms with E-state index in [1.807, 2.05) is 0 Å². The van der Waals surface area contributed by atoms with E-state index in [1.165, 1.54) is 0 Å². The van der Waals surface area contributed by atoms with Crippen LogP contribution in [0.1, 0.15) is 40.5 Å². The largest absolute Gasteiger partial charge is 0.396 e. The number of hydrogen-bond acceptors (Lipinski definition) is 3. The molecule has 3 nitrogen and oxygen atoms in total. The molecule has 1 aliphatic heterocycles. The van der Waals surface area contributed by atoms with Gasteiger partial charge >= 0.3 is 0 Å². The van der Waals surface area contributed by atoms with E-state index in [4.69, 9.17) is 4.74 Å². The van der Waals surface area contributed by atoms with Crippen LogP contribution in [0.25, 0.3) is 0 Å². The van der Waals surface area contributed by atoms with Crippen molar-refractivity contribution in [1.29, 1.82) is 0 Å². The molecular weight excluding hydrogens is 214 g/mol. The predicted octanol–water partition coefficient (Wildman–Crippen LogP) is 2.14. The average Bonchev–Trinajstić information content (AvgIpc) is 2.28. The zero-order chi connectivity index (χ0) is 13.1. The molecule has 0 spiro atoms. The van der Waals surface area contributed by atoms with Gasteiger partial charge in [0.15, 0.2) is 0 Å². The van der Waals surface area contributed by atoms with Gasteiger partial charge in [0.25, 0.3) is 0 Å². The molecule has 0 aliphatic carbocycles. The Morgan fingerprint density at radius 2 is 2.06 bits per heavy atom. The topological polar surface area (TPSA) is 32.7 Å². The lowest BCUT2D eigenvalue weighted by atomic mass is 9.80. The standard InChI is InChI=1S/C14H29NO2/c1-12(13(2,3)4)15(5)9-14(10-16)7-6-8-17-11-14/h12,16H,6-11H2,1-5H3. The Hall–Kier alpha value is -0.120. The van der Waals surface area contributed by atoms with Crippen LogP contribution in [0.3, 0.4) is 0 Å². The van der Waals surface area contributed by atoms with Gasteiger partial charge in [0.1, 0.15) is 0 Å². The molecule has 0 aromatic carbocycles. The minimum absolute atomic E-state index is 0.0491. The highest BCUT2D eigenvalue weighted by molar-refractivity contribution is 4.87. The molecule has 1 rings (SSSR count). The summed E-state index contributed by atoms with van der Waals surface area (Å²) >= 11 is 0. The lowest BCUT2D eigenvalue weighted by Gasteiger charge is -2.43. The highest BCUT2D eigenvalue weighted by Crippen LogP contribution is 2.31. The molecule has 2 atom stereocenters. The highest BCUT2D eigenvalue weighted by atomic mass is 16.5. The number of nitrogens with zero attached hydrogens (tertiary/aromatic N) is 1. The van der Waals surface area contributed by atoms with Gasteiger partial charge in [-0.05, 0) is 32.2 Å². The van der Waals surface area contributed by atoms with Gasteiger partial charge in [-0.15, -0.1) is 0 Å². The van der Waals surface area contributed by atoms with Gasteiger partial charge in [-0.1, -0.05) is 20.8 Å². The molecule has 1 fully saturated rings. The van der Waals surface area contributed by atoms with Crippen molar-refractivity contribution in [2.24, 2.45) is 10.8 Å². The Labute approximate surface area is 106 Å². The lowest BCUT2D eigenvalue weighted by molar-refractivity contribution is -0.0617. The third-order valence-corrected chi connectivity index (χ3v) is 4.24. The van der Waals surface area contributed by atoms with Crippen LogP contribution in [0.4, 0.5) is 0 Å². The van der Waals surface area contributed by atoms with Gasteiger partial charge in [0, 0.05) is 24.6 Å². The van der Waals surface area contributed by atoms with Crippen LogP contribution < -0.4 is 0 Å². The van der Waals surface area contributed by atoms with E-state index in [2.05, 4.69) is 39.6 Å². The van der Waals surface area contributed by atoms with E-state index in [0.29, 0.717) is 12.6 Å². The number of aliphatic hydroxyl groups excluding tert-OH is 1. The number of ether oxygens (including phenoxy) is 1. The number of rotatable bonds is 4. The summed E-state index contributed by atoms with van der Waals surface area (Å²) in [5.74, 6) is 0. The first-order chi connectivity index (χ1) is 7.81. The van der Waals surface area contributed by atoms with Crippen LogP contribution in [0.5, 0.6) is 0 Å². The van der Waals surface area contributed by atoms with Gasteiger partial charge in [-0.3, -0.25) is 0 Å². The molecule has 1 aliphatic rings. The molecule has 3 heteroatoms. The van der Waals surface area contributed by atoms with Crippen LogP contribution >= 0.6 is 0 Å². The smallest absolute Gasteiger partial charge is 0.0556 e. The molecule has 0 bridgehead atoms. The SMILES string of the molecule is CC(N(C)CC1(CO)CCCOC1)C(C)(C)C. The maximum atomic E-state index is 9.67. The fourth-order valence-corrected chi connectivity index (χ4v) is 2.54. The van der Waals surface area contributed by atoms with Crippen LogP contribution in [-0.2, 0) is 4.74 Å². The molecule has 1 heterocycles. The van der Waals surface area contributed by atoms with Crippen molar-refractivity contribution in [2.45, 2.75) is 46.6 Å². The Balaban J connectivity index is 2.61. The molecule has 0 amide bonds. The normalized spacial score (nSPS) is 28.4. The molecule has 102 valence electrons. The molecule has 0 radical (unpaired) electrons. The fraction of sp³-hybridized carbons (Fsp3) is 1.00. The molecule has 1 N–H and O–H groups in total. The Kier molecular flexibility index (Phi) is 4.99. The summed E-state index contributed by atoms with van der Waals surface area (Å²) in [5.41, 5.74) is 0.216. The average molecular weight is 243 g/mol. The van der Waals surface area contributed by atoms with Crippen molar-refractivity contribution >= 4 is 0 Å². The van der Waals surface area contributed by atoms with E-state index < -0.39 is 0 Å². The summed E-state index contributed by atoms with van der Waals surface area (Å²) in [6, 6.07) is 0.493. The molecule has 0 saturated carbocycles. The highest BCUT2D eigenvalue weighted by Gasteiger charge is 2.36. The molecule has 17 heavy (non-hydrogen) atoms. The summed E-state index contributed by atoms with van der Waals surface area (Å²) in [6.07, 6.45) is 2.14. The maximum Gasteiger partial charge on any atom is 0.0556 e. The zero-order valence-corrected chi connectivity index (χ0v) is 12.1. The molecule has 0 aromatic rings. The van der Waals surface area contributed by atoms with Gasteiger partial charge < -0.3 is 14.7 Å². The number of hydrogen-bond donors (Lipinski definition) is 1. The van der Waals surface area contributed by atoms with E-state index in [9.17, 15) is 5.11 Å². The van der Waals surface area contributed by atoms with Gasteiger partial charge in [0.05, 0.1) is 13.2 Å². The first-order valence-electron chi connectivity index (χ1n) is 6.70. The van der Waals surface area contributed by atoms with Crippen LogP contribution in [0.2, 0.25) is 0 Å². The molecule has 0 aromatic heterocycles. The quantitative estimate of drug-likeness (QED) is 0.821. The van der Waals surface area contributed by atoms with E-state index in [1.54, 1.807) is 0 Å². The second-order valence-corrected chi connectivity index (χ2v) is 6.77. The number of aliphatic hydroxyl groups is 1. The van der Waals surface area contributed by atoms with Crippen molar-refractivity contribution in [3.05, 3.63) is 0 Å². The zero-order valence-electron chi connectivity index (χ0n) is 12.1. The third kappa shape index (κ3) is 3.94. The lowest BCUT2D eigenvalue weighted by Crippen LogP contribution is -2.49. The first kappa shape index (κ1) is 14.9. The maximum absolute atomic E-state index is 9.67. The van der Waals surface area contributed by atoms with Crippen LogP contribution in [-0.4, -0.2) is 49.5 Å². The summed E-state index contributed by atoms with van der Waals surface area (Å²) < 4.78 is 5.56. The summed E-state index contributed by atoms with van der Waals surface area (Å²) in [5, 5.41) is 9.67. The summed E-state index contributed by atoms with van der Waals surface area (Å²) in [6.45, 7) is 11.7. The van der Waals surface area contributed by atoms with Crippen molar-refractivity contribution < 1.29 is 9.84 Å². The minimum atomic E-state index is -0.0491. The predicted molar refractivity (Wildman–Crippen MR) is 71.1 cm³/mol. The van der Waals surface area contributed by atoms with Crippen molar-refractivity contribution in [2.75, 3.05) is 33.4 Å². The monoisotopic (exact) mass is 243 g/mol. The van der Waals surface area contributed by atoms with Gasteiger partial charge in [-0.2, -0.15) is 0 Å². The van der Waals surface area contributed by atoms with E-state index in [0.717, 1.165) is 26.0 Å². The Bertz CT molecular complexity index is 229. The van der Waals surface area contributed by atoms with Gasteiger partial charge in [0.2, 0.25) is 0 Å². The van der Waals surface area contributed by atoms with Crippen molar-refractivity contribution in [3.8, 4) is 0 Å². The molecular formula is C14H29NO2. The second-order valence-electron chi connectivity index (χ2n) is 6.77. The Morgan fingerprint density at radius 3 is 2.47 bits per heavy atom. The van der Waals surface area contributed by atoms with E-state index >= 15 is 0 Å². The summed E-state index contributed by atoms with van der Waals surface area (Å²) in [4.78, 5) is 2.37. The van der Waals surface area contributed by atoms with E-state index in [-0.39, 0.29) is 17.4 Å². The summed E-state index contributed by atoms with van der Waals surface area (Å²) in [7, 11) is 2.15. The first-order valence-corrected chi connectivity index (χ1v) is 6.70. The van der Waals surface area contributed by atoms with Gasteiger partial charge in [-0.25, -0.2) is 0 Å². The Morgan fingerprint density at radius 1 is 1.41 bits per heavy atom. The third-order valence-electron chi connectivity index (χ3n) is 4.24. The van der Waals surface area contributed by atoms with Crippen LogP contribution in [0, 0.1) is 10.8 Å². The van der Waals surface area contributed by atoms with Crippen molar-refractivity contribution in [1.82, 2.24) is 4.90 Å². The minimum Gasteiger partial charge on any atom is -0.396 e. The van der Waals surface area contributed by atoms with Crippen molar-refractivity contribution in [3.63, 3.8) is 0 Å². The molecule has 2 unspecified atom stereocenters. The van der Waals surface area contributed by atoms with Crippen LogP contribution in [0.15, 0.2) is 0 Å². The fourth-order valence-electron chi connectivity index (χ4n) is 2.54. The second kappa shape index (κ2) is 5.68.